The molecule has 0 spiro atoms. The van der Waals surface area contributed by atoms with Crippen molar-refractivity contribution in [3.8, 4) is 23.0 Å². The van der Waals surface area contributed by atoms with Crippen LogP contribution in [0, 0.1) is 23.2 Å². The lowest BCUT2D eigenvalue weighted by molar-refractivity contribution is -0.186. The van der Waals surface area contributed by atoms with Gasteiger partial charge < -0.3 is 29.6 Å². The van der Waals surface area contributed by atoms with E-state index in [4.69, 9.17) is 30.1 Å². The van der Waals surface area contributed by atoms with E-state index in [0.717, 1.165) is 11.1 Å². The Kier molecular flexibility index (Phi) is 12.1. The highest BCUT2D eigenvalue weighted by Crippen LogP contribution is 2.42. The highest BCUT2D eigenvalue weighted by molar-refractivity contribution is 6.19. The summed E-state index contributed by atoms with van der Waals surface area (Å²) in [6, 6.07) is 11.0. The Bertz CT molecular complexity index is 1310. The fraction of sp³-hybridized carbons (Fsp3) is 0.469. The molecule has 0 aliphatic heterocycles. The van der Waals surface area contributed by atoms with Crippen molar-refractivity contribution in [2.75, 3.05) is 28.4 Å². The Morgan fingerprint density at radius 2 is 1.43 bits per heavy atom. The zero-order valence-corrected chi connectivity index (χ0v) is 26.1. The first-order chi connectivity index (χ1) is 20.9. The van der Waals surface area contributed by atoms with Gasteiger partial charge in [-0.05, 0) is 56.4 Å². The van der Waals surface area contributed by atoms with Crippen LogP contribution >= 0.6 is 0 Å². The Hall–Kier alpha value is -4.22. The molecule has 3 atom stereocenters. The van der Waals surface area contributed by atoms with Crippen molar-refractivity contribution in [3.05, 3.63) is 59.0 Å². The molecular weight excluding hydrogens is 575 g/mol. The van der Waals surface area contributed by atoms with Crippen LogP contribution in [0.15, 0.2) is 57.9 Å². The van der Waals surface area contributed by atoms with E-state index < -0.39 is 18.0 Å². The molecule has 3 unspecified atom stereocenters. The van der Waals surface area contributed by atoms with E-state index in [0.29, 0.717) is 54.0 Å². The average Bonchev–Trinajstić information content (AvgIpc) is 3.00. The molecule has 0 radical (unpaired) electrons. The van der Waals surface area contributed by atoms with E-state index in [1.54, 1.807) is 47.5 Å². The van der Waals surface area contributed by atoms with Gasteiger partial charge in [0.15, 0.2) is 0 Å². The van der Waals surface area contributed by atoms with Crippen molar-refractivity contribution < 1.29 is 32.1 Å². The van der Waals surface area contributed by atoms with Crippen LogP contribution in [0.25, 0.3) is 0 Å². The second-order valence-corrected chi connectivity index (χ2v) is 10.8. The van der Waals surface area contributed by atoms with Gasteiger partial charge in [-0.25, -0.2) is 9.98 Å². The van der Waals surface area contributed by atoms with E-state index in [1.807, 2.05) is 36.1 Å². The van der Waals surface area contributed by atoms with Gasteiger partial charge >= 0.3 is 6.18 Å². The zero-order valence-electron chi connectivity index (χ0n) is 26.1. The van der Waals surface area contributed by atoms with E-state index in [-0.39, 0.29) is 24.6 Å². The van der Waals surface area contributed by atoms with Crippen molar-refractivity contribution in [1.82, 2.24) is 4.90 Å². The molecule has 0 bridgehead atoms. The summed E-state index contributed by atoms with van der Waals surface area (Å²) < 4.78 is 62.0. The third-order valence-corrected chi connectivity index (χ3v) is 7.85. The van der Waals surface area contributed by atoms with Gasteiger partial charge in [-0.1, -0.05) is 6.92 Å². The summed E-state index contributed by atoms with van der Waals surface area (Å²) in [5, 5.41) is 8.39. The molecule has 9 nitrogen and oxygen atoms in total. The number of alkyl halides is 3. The molecule has 1 aliphatic rings. The molecule has 44 heavy (non-hydrogen) atoms. The second kappa shape index (κ2) is 15.5. The number of aliphatic imine (C=N–C) groups is 2. The normalized spacial score (nSPS) is 19.5. The number of ether oxygens (including phenoxy) is 4. The SMILES string of the molecule is COc1ccc(CN(Cc2ccc(OC)cc2OC)C(N=CC=NC(=N)C2CC(C(F)(F)F)CCC2C)=C(C)N)c(OC)c1. The van der Waals surface area contributed by atoms with Crippen LogP contribution in [0.2, 0.25) is 0 Å². The van der Waals surface area contributed by atoms with Crippen LogP contribution in [-0.2, 0) is 13.1 Å². The molecule has 1 aliphatic carbocycles. The minimum absolute atomic E-state index is 0.0635. The predicted octanol–water partition coefficient (Wildman–Crippen LogP) is 6.60. The molecule has 3 rings (SSSR count). The Morgan fingerprint density at radius 3 is 1.89 bits per heavy atom. The van der Waals surface area contributed by atoms with Crippen LogP contribution in [-0.4, -0.2) is 57.8 Å². The van der Waals surface area contributed by atoms with Crippen LogP contribution in [0.4, 0.5) is 13.2 Å². The maximum absolute atomic E-state index is 13.4. The molecule has 0 saturated heterocycles. The topological polar surface area (TPSA) is 115 Å². The quantitative estimate of drug-likeness (QED) is 0.205. The number of allylic oxidation sites excluding steroid dienone is 1. The van der Waals surface area contributed by atoms with Crippen LogP contribution in [0.5, 0.6) is 23.0 Å². The number of nitrogens with one attached hydrogen (secondary N) is 1. The van der Waals surface area contributed by atoms with Gasteiger partial charge in [-0.15, -0.1) is 0 Å². The fourth-order valence-corrected chi connectivity index (χ4v) is 5.33. The maximum atomic E-state index is 13.4. The van der Waals surface area contributed by atoms with Gasteiger partial charge in [0.1, 0.15) is 34.7 Å². The molecule has 0 aromatic heterocycles. The highest BCUT2D eigenvalue weighted by Gasteiger charge is 2.44. The number of methoxy groups -OCH3 is 4. The predicted molar refractivity (Wildman–Crippen MR) is 166 cm³/mol. The van der Waals surface area contributed by atoms with E-state index in [2.05, 4.69) is 9.98 Å². The Labute approximate surface area is 257 Å². The smallest absolute Gasteiger partial charge is 0.391 e. The first-order valence-corrected chi connectivity index (χ1v) is 14.3. The molecule has 3 N–H and O–H groups in total. The Morgan fingerprint density at radius 1 is 0.909 bits per heavy atom. The standard InChI is InChI=1S/C32H42F3N5O4/c1-20-7-10-24(32(33,34)35)15-27(20)30(37)38-13-14-39-31(21(2)36)40(18-22-8-11-25(41-3)16-28(22)43-5)19-23-9-12-26(42-4)17-29(23)44-6/h8-9,11-14,16-17,20,24,27,37H,7,10,15,18-19,36H2,1-6H3. The number of hydrogen-bond acceptors (Lipinski definition) is 8. The number of amidine groups is 1. The van der Waals surface area contributed by atoms with Crippen LogP contribution in [0.1, 0.15) is 44.2 Å². The molecule has 1 fully saturated rings. The number of hydrogen-bond donors (Lipinski definition) is 2. The van der Waals surface area contributed by atoms with Crippen LogP contribution in [0.3, 0.4) is 0 Å². The summed E-state index contributed by atoms with van der Waals surface area (Å²) in [6.07, 6.45) is -1.19. The largest absolute Gasteiger partial charge is 0.497 e. The fourth-order valence-electron chi connectivity index (χ4n) is 5.33. The molecular formula is C32H42F3N5O4. The second-order valence-electron chi connectivity index (χ2n) is 10.8. The van der Waals surface area contributed by atoms with Crippen molar-refractivity contribution in [1.29, 1.82) is 5.41 Å². The lowest BCUT2D eigenvalue weighted by Gasteiger charge is -2.34. The number of halogens is 3. The molecule has 12 heteroatoms. The number of benzene rings is 2. The summed E-state index contributed by atoms with van der Waals surface area (Å²) in [6.45, 7) is 4.27. The van der Waals surface area contributed by atoms with Gasteiger partial charge in [0.25, 0.3) is 0 Å². The molecule has 2 aromatic rings. The molecule has 1 saturated carbocycles. The first kappa shape index (κ1) is 34.3. The monoisotopic (exact) mass is 617 g/mol. The van der Waals surface area contributed by atoms with Gasteiger partial charge in [-0.2, -0.15) is 13.2 Å². The van der Waals surface area contributed by atoms with Crippen molar-refractivity contribution in [3.63, 3.8) is 0 Å². The minimum atomic E-state index is -4.27. The lowest BCUT2D eigenvalue weighted by Crippen LogP contribution is -2.35. The molecule has 240 valence electrons. The van der Waals surface area contributed by atoms with Gasteiger partial charge in [-0.3, -0.25) is 5.41 Å². The van der Waals surface area contributed by atoms with Gasteiger partial charge in [0, 0.05) is 60.4 Å². The third-order valence-electron chi connectivity index (χ3n) is 7.85. The van der Waals surface area contributed by atoms with E-state index in [1.165, 1.54) is 12.4 Å². The Balaban J connectivity index is 1.91. The van der Waals surface area contributed by atoms with Crippen molar-refractivity contribution in [2.24, 2.45) is 33.5 Å². The maximum Gasteiger partial charge on any atom is 0.391 e. The summed E-state index contributed by atoms with van der Waals surface area (Å²) in [7, 11) is 6.31. The van der Waals surface area contributed by atoms with Crippen molar-refractivity contribution >= 4 is 18.3 Å². The summed E-state index contributed by atoms with van der Waals surface area (Å²) in [4.78, 5) is 10.7. The zero-order chi connectivity index (χ0) is 32.4. The first-order valence-electron chi connectivity index (χ1n) is 14.3. The minimum Gasteiger partial charge on any atom is -0.497 e. The van der Waals surface area contributed by atoms with Crippen LogP contribution < -0.4 is 24.7 Å². The van der Waals surface area contributed by atoms with Crippen molar-refractivity contribution in [2.45, 2.75) is 52.4 Å². The molecule has 0 heterocycles. The average molecular weight is 618 g/mol. The number of nitrogens with two attached hydrogens (primary N) is 1. The molecule has 0 amide bonds. The lowest BCUT2D eigenvalue weighted by atomic mass is 9.74. The van der Waals surface area contributed by atoms with Gasteiger partial charge in [0.05, 0.1) is 34.4 Å². The molecule has 2 aromatic carbocycles. The third kappa shape index (κ3) is 8.90. The summed E-state index contributed by atoms with van der Waals surface area (Å²) in [5.41, 5.74) is 8.44. The summed E-state index contributed by atoms with van der Waals surface area (Å²) in [5.74, 6) is 0.804. The van der Waals surface area contributed by atoms with E-state index in [9.17, 15) is 13.2 Å². The number of nitrogens with zero attached hydrogens (tertiary/aromatic N) is 3. The highest BCUT2D eigenvalue weighted by atomic mass is 19.4. The summed E-state index contributed by atoms with van der Waals surface area (Å²) >= 11 is 0. The van der Waals surface area contributed by atoms with Gasteiger partial charge in [0.2, 0.25) is 0 Å². The van der Waals surface area contributed by atoms with E-state index >= 15 is 0 Å². The number of rotatable bonds is 12.